The van der Waals surface area contributed by atoms with Gasteiger partial charge in [0, 0.05) is 29.4 Å². The van der Waals surface area contributed by atoms with Gasteiger partial charge in [-0.25, -0.2) is 4.79 Å². The molecule has 0 saturated carbocycles. The molecule has 8 heteroatoms. The van der Waals surface area contributed by atoms with E-state index in [2.05, 4.69) is 26.9 Å². The second-order valence-electron chi connectivity index (χ2n) is 9.13. The van der Waals surface area contributed by atoms with E-state index in [1.807, 2.05) is 24.3 Å². The SMILES string of the molecule is COc1ccc(-c2nnc(SCc3cc(=O)oc4cc5c(cc34)CCC5)n2CC2CCCO2)cc1. The van der Waals surface area contributed by atoms with Gasteiger partial charge in [-0.2, -0.15) is 0 Å². The van der Waals surface area contributed by atoms with Crippen LogP contribution in [0.25, 0.3) is 22.4 Å². The van der Waals surface area contributed by atoms with Crippen LogP contribution in [0.2, 0.25) is 0 Å². The van der Waals surface area contributed by atoms with E-state index in [0.29, 0.717) is 17.9 Å². The number of ether oxygens (including phenoxy) is 2. The molecular weight excluding hydrogens is 462 g/mol. The first-order valence-electron chi connectivity index (χ1n) is 12.1. The number of hydrogen-bond acceptors (Lipinski definition) is 7. The van der Waals surface area contributed by atoms with Crippen LogP contribution in [-0.2, 0) is 29.9 Å². The van der Waals surface area contributed by atoms with Gasteiger partial charge >= 0.3 is 5.63 Å². The molecule has 2 aromatic heterocycles. The first-order chi connectivity index (χ1) is 17.2. The van der Waals surface area contributed by atoms with Crippen LogP contribution in [0.15, 0.2) is 56.8 Å². The van der Waals surface area contributed by atoms with E-state index in [9.17, 15) is 4.79 Å². The average Bonchev–Trinajstić information content (AvgIpc) is 3.63. The molecule has 6 rings (SSSR count). The highest BCUT2D eigenvalue weighted by atomic mass is 32.2. The Bertz CT molecular complexity index is 1420. The molecule has 1 fully saturated rings. The molecule has 0 amide bonds. The number of fused-ring (bicyclic) bond motifs is 2. The van der Waals surface area contributed by atoms with Crippen molar-refractivity contribution in [2.45, 2.75) is 55.7 Å². The number of aryl methyl sites for hydroxylation is 2. The van der Waals surface area contributed by atoms with Crippen molar-refractivity contribution in [3.63, 3.8) is 0 Å². The highest BCUT2D eigenvalue weighted by molar-refractivity contribution is 7.98. The molecule has 0 N–H and O–H groups in total. The largest absolute Gasteiger partial charge is 0.497 e. The van der Waals surface area contributed by atoms with E-state index in [1.165, 1.54) is 11.1 Å². The lowest BCUT2D eigenvalue weighted by molar-refractivity contribution is 0.0953. The molecule has 1 saturated heterocycles. The molecule has 7 nitrogen and oxygen atoms in total. The molecule has 1 aliphatic heterocycles. The Morgan fingerprint density at radius 2 is 1.91 bits per heavy atom. The summed E-state index contributed by atoms with van der Waals surface area (Å²) in [5.74, 6) is 2.21. The lowest BCUT2D eigenvalue weighted by Crippen LogP contribution is -2.16. The zero-order valence-electron chi connectivity index (χ0n) is 19.7. The number of hydrogen-bond donors (Lipinski definition) is 0. The van der Waals surface area contributed by atoms with E-state index in [1.54, 1.807) is 24.9 Å². The summed E-state index contributed by atoms with van der Waals surface area (Å²) in [7, 11) is 1.66. The summed E-state index contributed by atoms with van der Waals surface area (Å²) in [6.07, 6.45) is 5.53. The molecule has 0 radical (unpaired) electrons. The Morgan fingerprint density at radius 3 is 2.69 bits per heavy atom. The summed E-state index contributed by atoms with van der Waals surface area (Å²) in [4.78, 5) is 12.3. The molecular formula is C27H27N3O4S. The normalized spacial score (nSPS) is 17.2. The fourth-order valence-corrected chi connectivity index (χ4v) is 6.00. The van der Waals surface area contributed by atoms with Crippen molar-refractivity contribution < 1.29 is 13.9 Å². The Hall–Kier alpha value is -3.10. The predicted octanol–water partition coefficient (Wildman–Crippen LogP) is 5.02. The van der Waals surface area contributed by atoms with E-state index < -0.39 is 0 Å². The zero-order chi connectivity index (χ0) is 23.8. The minimum absolute atomic E-state index is 0.148. The number of benzene rings is 2. The monoisotopic (exact) mass is 489 g/mol. The topological polar surface area (TPSA) is 79.4 Å². The number of methoxy groups -OCH3 is 1. The number of nitrogens with zero attached hydrogens (tertiary/aromatic N) is 3. The predicted molar refractivity (Wildman–Crippen MR) is 135 cm³/mol. The molecule has 1 aliphatic carbocycles. The van der Waals surface area contributed by atoms with Crippen LogP contribution in [-0.4, -0.2) is 34.6 Å². The molecule has 3 heterocycles. The minimum Gasteiger partial charge on any atom is -0.497 e. The van der Waals surface area contributed by atoms with Gasteiger partial charge in [0.25, 0.3) is 0 Å². The molecule has 0 bridgehead atoms. The van der Waals surface area contributed by atoms with Crippen molar-refractivity contribution in [1.82, 2.24) is 14.8 Å². The third-order valence-corrected chi connectivity index (χ3v) is 7.89. The van der Waals surface area contributed by atoms with Crippen LogP contribution in [0.1, 0.15) is 36.0 Å². The lowest BCUT2D eigenvalue weighted by atomic mass is 10.0. The number of aromatic nitrogens is 3. The van der Waals surface area contributed by atoms with E-state index in [-0.39, 0.29) is 11.7 Å². The van der Waals surface area contributed by atoms with Gasteiger partial charge in [-0.3, -0.25) is 4.57 Å². The van der Waals surface area contributed by atoms with E-state index in [0.717, 1.165) is 72.0 Å². The fraction of sp³-hybridized carbons (Fsp3) is 0.370. The van der Waals surface area contributed by atoms with Crippen molar-refractivity contribution in [3.8, 4) is 17.1 Å². The van der Waals surface area contributed by atoms with Crippen molar-refractivity contribution in [3.05, 3.63) is 69.6 Å². The first-order valence-corrected chi connectivity index (χ1v) is 13.1. The maximum absolute atomic E-state index is 12.3. The van der Waals surface area contributed by atoms with Crippen LogP contribution >= 0.6 is 11.8 Å². The van der Waals surface area contributed by atoms with E-state index >= 15 is 0 Å². The third kappa shape index (κ3) is 4.48. The zero-order valence-corrected chi connectivity index (χ0v) is 20.5. The minimum atomic E-state index is -0.314. The molecule has 4 aromatic rings. The summed E-state index contributed by atoms with van der Waals surface area (Å²) >= 11 is 1.59. The Balaban J connectivity index is 1.33. The molecule has 0 spiro atoms. The van der Waals surface area contributed by atoms with Gasteiger partial charge in [0.15, 0.2) is 11.0 Å². The summed E-state index contributed by atoms with van der Waals surface area (Å²) < 4.78 is 18.9. The third-order valence-electron chi connectivity index (χ3n) is 6.87. The number of thioether (sulfide) groups is 1. The van der Waals surface area contributed by atoms with E-state index in [4.69, 9.17) is 13.9 Å². The molecule has 35 heavy (non-hydrogen) atoms. The summed E-state index contributed by atoms with van der Waals surface area (Å²) in [6.45, 7) is 1.49. The van der Waals surface area contributed by atoms with Crippen LogP contribution in [0.5, 0.6) is 5.75 Å². The van der Waals surface area contributed by atoms with Crippen LogP contribution in [0, 0.1) is 0 Å². The highest BCUT2D eigenvalue weighted by Gasteiger charge is 2.22. The molecule has 1 atom stereocenters. The van der Waals surface area contributed by atoms with Gasteiger partial charge < -0.3 is 13.9 Å². The second kappa shape index (κ2) is 9.51. The maximum atomic E-state index is 12.3. The smallest absolute Gasteiger partial charge is 0.336 e. The van der Waals surface area contributed by atoms with Crippen molar-refractivity contribution in [2.24, 2.45) is 0 Å². The highest BCUT2D eigenvalue weighted by Crippen LogP contribution is 2.33. The van der Waals surface area contributed by atoms with Crippen LogP contribution in [0.3, 0.4) is 0 Å². The van der Waals surface area contributed by atoms with Crippen LogP contribution < -0.4 is 10.4 Å². The van der Waals surface area contributed by atoms with Crippen molar-refractivity contribution in [1.29, 1.82) is 0 Å². The van der Waals surface area contributed by atoms with Gasteiger partial charge in [-0.1, -0.05) is 11.8 Å². The molecule has 2 aromatic carbocycles. The Kier molecular flexibility index (Phi) is 6.08. The summed E-state index contributed by atoms with van der Waals surface area (Å²) in [6, 6.07) is 13.7. The van der Waals surface area contributed by atoms with Gasteiger partial charge in [0.2, 0.25) is 0 Å². The summed E-state index contributed by atoms with van der Waals surface area (Å²) in [5, 5.41) is 10.9. The summed E-state index contributed by atoms with van der Waals surface area (Å²) in [5.41, 5.74) is 4.96. The number of rotatable bonds is 7. The first kappa shape index (κ1) is 22.4. The van der Waals surface area contributed by atoms with Gasteiger partial charge in [0.1, 0.15) is 11.3 Å². The molecule has 2 aliphatic rings. The molecule has 1 unspecified atom stereocenters. The fourth-order valence-electron chi connectivity index (χ4n) is 5.06. The standard InChI is InChI=1S/C27H27N3O4S/c1-32-21-9-7-17(8-10-21)26-28-29-27(30(26)15-22-6-3-11-33-22)35-16-20-14-25(31)34-24-13-19-5-2-4-18(19)12-23(20)24/h7-10,12-14,22H,2-6,11,15-16H2,1H3. The lowest BCUT2D eigenvalue weighted by Gasteiger charge is -2.15. The maximum Gasteiger partial charge on any atom is 0.336 e. The second-order valence-corrected chi connectivity index (χ2v) is 10.1. The van der Waals surface area contributed by atoms with Crippen molar-refractivity contribution >= 4 is 22.7 Å². The van der Waals surface area contributed by atoms with Gasteiger partial charge in [-0.05, 0) is 85.2 Å². The molecule has 180 valence electrons. The average molecular weight is 490 g/mol. The van der Waals surface area contributed by atoms with Crippen molar-refractivity contribution in [2.75, 3.05) is 13.7 Å². The Labute approximate surface area is 207 Å². The Morgan fingerprint density at radius 1 is 1.09 bits per heavy atom. The van der Waals surface area contributed by atoms with Gasteiger partial charge in [-0.15, -0.1) is 10.2 Å². The van der Waals surface area contributed by atoms with Gasteiger partial charge in [0.05, 0.1) is 19.8 Å². The van der Waals surface area contributed by atoms with Crippen LogP contribution in [0.4, 0.5) is 0 Å². The quantitative estimate of drug-likeness (QED) is 0.266.